The molecule has 1 aliphatic rings. The Bertz CT molecular complexity index is 682. The van der Waals surface area contributed by atoms with E-state index in [1.165, 1.54) is 5.56 Å². The second kappa shape index (κ2) is 6.22. The number of amidine groups is 1. The predicted octanol–water partition coefficient (Wildman–Crippen LogP) is 4.50. The van der Waals surface area contributed by atoms with Crippen molar-refractivity contribution >= 4 is 23.3 Å². The lowest BCUT2D eigenvalue weighted by Gasteiger charge is -2.13. The van der Waals surface area contributed by atoms with Crippen molar-refractivity contribution in [3.05, 3.63) is 70.6 Å². The lowest BCUT2D eigenvalue weighted by atomic mass is 10.0. The fraction of sp³-hybridized carbons (Fsp3) is 0.235. The fourth-order valence-electron chi connectivity index (χ4n) is 2.41. The minimum absolute atomic E-state index is 0.161. The first kappa shape index (κ1) is 14.0. The van der Waals surface area contributed by atoms with Gasteiger partial charge in [-0.1, -0.05) is 53.4 Å². The van der Waals surface area contributed by atoms with E-state index in [-0.39, 0.29) is 6.04 Å². The van der Waals surface area contributed by atoms with E-state index in [4.69, 9.17) is 0 Å². The third-order valence-electron chi connectivity index (χ3n) is 3.59. The first-order valence-electron chi connectivity index (χ1n) is 7.00. The van der Waals surface area contributed by atoms with Gasteiger partial charge in [-0.25, -0.2) is 0 Å². The third-order valence-corrected chi connectivity index (χ3v) is 4.59. The standard InChI is InChI=1S/C17H17N2OS/c1-13-15-9-5-6-10-16(15)18-17(19(13)20)12-21-11-14-7-3-2-4-8-14/h2-10,13H,11-12H2,1H3/q+1. The molecule has 1 heterocycles. The van der Waals surface area contributed by atoms with Gasteiger partial charge < -0.3 is 0 Å². The minimum Gasteiger partial charge on any atom is -0.144 e. The highest BCUT2D eigenvalue weighted by molar-refractivity contribution is 7.99. The van der Waals surface area contributed by atoms with Crippen LogP contribution in [-0.2, 0) is 5.75 Å². The molecule has 0 N–H and O–H groups in total. The molecule has 1 unspecified atom stereocenters. The van der Waals surface area contributed by atoms with E-state index in [0.29, 0.717) is 11.6 Å². The van der Waals surface area contributed by atoms with Crippen LogP contribution in [0.1, 0.15) is 24.1 Å². The number of para-hydroxylation sites is 1. The van der Waals surface area contributed by atoms with E-state index in [1.54, 1.807) is 11.8 Å². The van der Waals surface area contributed by atoms with Gasteiger partial charge in [0.25, 0.3) is 0 Å². The molecule has 4 heteroatoms. The summed E-state index contributed by atoms with van der Waals surface area (Å²) in [6.07, 6.45) is 0. The van der Waals surface area contributed by atoms with Crippen LogP contribution in [0.2, 0.25) is 0 Å². The van der Waals surface area contributed by atoms with Gasteiger partial charge in [0.2, 0.25) is 0 Å². The molecule has 0 saturated heterocycles. The summed E-state index contributed by atoms with van der Waals surface area (Å²) in [5, 5.41) is 0. The number of hydrogen-bond donors (Lipinski definition) is 0. The van der Waals surface area contributed by atoms with E-state index in [2.05, 4.69) is 17.1 Å². The van der Waals surface area contributed by atoms with Crippen molar-refractivity contribution in [1.29, 1.82) is 0 Å². The van der Waals surface area contributed by atoms with Crippen LogP contribution >= 0.6 is 11.8 Å². The van der Waals surface area contributed by atoms with E-state index in [9.17, 15) is 4.91 Å². The molecule has 2 aromatic rings. The van der Waals surface area contributed by atoms with Crippen molar-refractivity contribution < 1.29 is 4.76 Å². The van der Waals surface area contributed by atoms with Crippen LogP contribution in [0.5, 0.6) is 0 Å². The Labute approximate surface area is 128 Å². The van der Waals surface area contributed by atoms with Crippen molar-refractivity contribution in [1.82, 2.24) is 0 Å². The van der Waals surface area contributed by atoms with Crippen LogP contribution in [0.25, 0.3) is 0 Å². The molecule has 1 atom stereocenters. The number of rotatable bonds is 4. The zero-order valence-electron chi connectivity index (χ0n) is 11.9. The van der Waals surface area contributed by atoms with Crippen molar-refractivity contribution in [2.45, 2.75) is 18.7 Å². The average Bonchev–Trinajstić information content (AvgIpc) is 2.53. The molecule has 0 amide bonds. The lowest BCUT2D eigenvalue weighted by Crippen LogP contribution is -2.26. The molecule has 106 valence electrons. The summed E-state index contributed by atoms with van der Waals surface area (Å²) < 4.78 is 1.04. The Morgan fingerprint density at radius 2 is 1.76 bits per heavy atom. The zero-order chi connectivity index (χ0) is 14.7. The second-order valence-corrected chi connectivity index (χ2v) is 6.05. The smallest absolute Gasteiger partial charge is 0.144 e. The van der Waals surface area contributed by atoms with Gasteiger partial charge in [-0.15, -0.1) is 11.8 Å². The number of aliphatic imine (C=N–C) groups is 1. The minimum atomic E-state index is -0.161. The summed E-state index contributed by atoms with van der Waals surface area (Å²) in [5.74, 6) is 2.14. The van der Waals surface area contributed by atoms with Crippen molar-refractivity contribution in [2.75, 3.05) is 5.75 Å². The molecule has 0 aromatic heterocycles. The first-order chi connectivity index (χ1) is 10.3. The normalized spacial score (nSPS) is 17.3. The quantitative estimate of drug-likeness (QED) is 0.778. The highest BCUT2D eigenvalue weighted by atomic mass is 32.2. The number of nitrogens with zero attached hydrogens (tertiary/aromatic N) is 2. The molecule has 2 aromatic carbocycles. The topological polar surface area (TPSA) is 32.4 Å². The van der Waals surface area contributed by atoms with Crippen LogP contribution in [0, 0.1) is 4.91 Å². The molecule has 0 saturated carbocycles. The Morgan fingerprint density at radius 3 is 2.57 bits per heavy atom. The summed E-state index contributed by atoms with van der Waals surface area (Å²) in [6, 6.07) is 18.0. The van der Waals surface area contributed by atoms with Gasteiger partial charge in [0.15, 0.2) is 11.7 Å². The maximum absolute atomic E-state index is 12.3. The molecule has 1 aliphatic heterocycles. The molecule has 3 rings (SSSR count). The monoisotopic (exact) mass is 297 g/mol. The van der Waals surface area contributed by atoms with Gasteiger partial charge in [0.1, 0.15) is 5.75 Å². The zero-order valence-corrected chi connectivity index (χ0v) is 12.7. The molecule has 0 aliphatic carbocycles. The van der Waals surface area contributed by atoms with E-state index in [0.717, 1.165) is 21.8 Å². The van der Waals surface area contributed by atoms with E-state index in [1.807, 2.05) is 49.4 Å². The maximum Gasteiger partial charge on any atom is 0.347 e. The fourth-order valence-corrected chi connectivity index (χ4v) is 3.32. The maximum atomic E-state index is 12.3. The molecule has 21 heavy (non-hydrogen) atoms. The number of benzene rings is 2. The Hall–Kier alpha value is -1.94. The Balaban J connectivity index is 1.71. The molecule has 3 nitrogen and oxygen atoms in total. The molecule has 0 fully saturated rings. The van der Waals surface area contributed by atoms with E-state index >= 15 is 0 Å². The van der Waals surface area contributed by atoms with Gasteiger partial charge in [-0.3, -0.25) is 0 Å². The number of fused-ring (bicyclic) bond motifs is 1. The van der Waals surface area contributed by atoms with Crippen LogP contribution < -0.4 is 0 Å². The van der Waals surface area contributed by atoms with Gasteiger partial charge in [-0.2, -0.15) is 0 Å². The second-order valence-electron chi connectivity index (χ2n) is 5.07. The van der Waals surface area contributed by atoms with Gasteiger partial charge in [0.05, 0.1) is 5.56 Å². The third kappa shape index (κ3) is 3.05. The van der Waals surface area contributed by atoms with Crippen molar-refractivity contribution in [2.24, 2.45) is 4.99 Å². The Kier molecular flexibility index (Phi) is 4.15. The summed E-state index contributed by atoms with van der Waals surface area (Å²) in [7, 11) is 0. The van der Waals surface area contributed by atoms with E-state index < -0.39 is 0 Å². The molecular weight excluding hydrogens is 280 g/mol. The SMILES string of the molecule is CC1c2ccccc2N=C(CSCc2ccccc2)[N+]1=O. The highest BCUT2D eigenvalue weighted by Crippen LogP contribution is 2.32. The van der Waals surface area contributed by atoms with Gasteiger partial charge >= 0.3 is 5.84 Å². The summed E-state index contributed by atoms with van der Waals surface area (Å²) in [5.41, 5.74) is 3.20. The van der Waals surface area contributed by atoms with Gasteiger partial charge in [0, 0.05) is 5.75 Å². The summed E-state index contributed by atoms with van der Waals surface area (Å²) in [6.45, 7) is 1.93. The molecule has 0 spiro atoms. The number of nitroso groups, excluding NO2 is 1. The predicted molar refractivity (Wildman–Crippen MR) is 88.2 cm³/mol. The van der Waals surface area contributed by atoms with Crippen LogP contribution in [0.15, 0.2) is 59.6 Å². The lowest BCUT2D eigenvalue weighted by molar-refractivity contribution is -0.480. The first-order valence-corrected chi connectivity index (χ1v) is 8.15. The van der Waals surface area contributed by atoms with Gasteiger partial charge in [-0.05, 0) is 28.3 Å². The molecule has 0 bridgehead atoms. The number of thioether (sulfide) groups is 1. The summed E-state index contributed by atoms with van der Waals surface area (Å²) in [4.78, 5) is 16.8. The highest BCUT2D eigenvalue weighted by Gasteiger charge is 2.33. The Morgan fingerprint density at radius 1 is 1.05 bits per heavy atom. The van der Waals surface area contributed by atoms with Crippen molar-refractivity contribution in [3.63, 3.8) is 0 Å². The molecule has 0 radical (unpaired) electrons. The van der Waals surface area contributed by atoms with Crippen LogP contribution in [0.3, 0.4) is 0 Å². The molecular formula is C17H17N2OS+. The van der Waals surface area contributed by atoms with Crippen LogP contribution in [-0.4, -0.2) is 16.3 Å². The van der Waals surface area contributed by atoms with Crippen molar-refractivity contribution in [3.8, 4) is 0 Å². The van der Waals surface area contributed by atoms with Crippen LogP contribution in [0.4, 0.5) is 5.69 Å². The average molecular weight is 297 g/mol. The largest absolute Gasteiger partial charge is 0.347 e. The number of hydrogen-bond acceptors (Lipinski definition) is 3. The summed E-state index contributed by atoms with van der Waals surface area (Å²) >= 11 is 1.72.